The van der Waals surface area contributed by atoms with E-state index in [0.29, 0.717) is 5.25 Å². The van der Waals surface area contributed by atoms with Crippen LogP contribution >= 0.6 is 39.0 Å². The van der Waals surface area contributed by atoms with Crippen LogP contribution in [0.3, 0.4) is 0 Å². The van der Waals surface area contributed by atoms with E-state index in [2.05, 4.69) is 27.4 Å². The second-order valence-electron chi connectivity index (χ2n) is 3.54. The van der Waals surface area contributed by atoms with Gasteiger partial charge >= 0.3 is 0 Å². The van der Waals surface area contributed by atoms with Crippen molar-refractivity contribution in [3.63, 3.8) is 0 Å². The van der Waals surface area contributed by atoms with Crippen molar-refractivity contribution in [1.82, 2.24) is 0 Å². The van der Waals surface area contributed by atoms with Gasteiger partial charge in [-0.1, -0.05) is 0 Å². The highest BCUT2D eigenvalue weighted by molar-refractivity contribution is 9.11. The van der Waals surface area contributed by atoms with Crippen LogP contribution in [0.5, 0.6) is 0 Å². The molecule has 1 fully saturated rings. The average Bonchev–Trinajstić information content (AvgIpc) is 2.77. The molecule has 0 aliphatic carbocycles. The highest BCUT2D eigenvalue weighted by atomic mass is 79.9. The van der Waals surface area contributed by atoms with Crippen LogP contribution in [-0.2, 0) is 6.42 Å². The number of halogens is 1. The molecule has 0 spiro atoms. The molecule has 1 aromatic rings. The third-order valence-electron chi connectivity index (χ3n) is 2.52. The van der Waals surface area contributed by atoms with Gasteiger partial charge in [0, 0.05) is 11.7 Å². The Balaban J connectivity index is 1.93. The molecule has 0 saturated carbocycles. The molecule has 14 heavy (non-hydrogen) atoms. The number of hydrogen-bond acceptors (Lipinski definition) is 3. The zero-order chi connectivity index (χ0) is 9.97. The Bertz CT molecular complexity index is 294. The molecule has 2 unspecified atom stereocenters. The highest BCUT2D eigenvalue weighted by Crippen LogP contribution is 2.32. The summed E-state index contributed by atoms with van der Waals surface area (Å²) in [6.45, 7) is 0. The van der Waals surface area contributed by atoms with Crippen molar-refractivity contribution in [2.75, 3.05) is 5.75 Å². The third-order valence-corrected chi connectivity index (χ3v) is 5.83. The summed E-state index contributed by atoms with van der Waals surface area (Å²) in [6, 6.07) is 2.09. The average molecular weight is 293 g/mol. The summed E-state index contributed by atoms with van der Waals surface area (Å²) >= 11 is 7.11. The number of thioether (sulfide) groups is 1. The molecule has 1 N–H and O–H groups in total. The summed E-state index contributed by atoms with van der Waals surface area (Å²) < 4.78 is 1.17. The predicted octanol–water partition coefficient (Wildman–Crippen LogP) is 3.31. The van der Waals surface area contributed by atoms with E-state index in [9.17, 15) is 5.11 Å². The fraction of sp³-hybridized carbons (Fsp3) is 0.600. The van der Waals surface area contributed by atoms with Crippen molar-refractivity contribution < 1.29 is 5.11 Å². The first kappa shape index (κ1) is 11.0. The monoisotopic (exact) mass is 292 g/mol. The molecule has 1 aromatic heterocycles. The van der Waals surface area contributed by atoms with Gasteiger partial charge in [-0.25, -0.2) is 0 Å². The second-order valence-corrected chi connectivity index (χ2v) is 7.12. The zero-order valence-electron chi connectivity index (χ0n) is 7.78. The van der Waals surface area contributed by atoms with Crippen molar-refractivity contribution in [2.24, 2.45) is 0 Å². The summed E-state index contributed by atoms with van der Waals surface area (Å²) in [7, 11) is 0. The van der Waals surface area contributed by atoms with E-state index in [1.807, 2.05) is 11.8 Å². The van der Waals surface area contributed by atoms with Crippen LogP contribution in [-0.4, -0.2) is 22.2 Å². The lowest BCUT2D eigenvalue weighted by atomic mass is 10.1. The van der Waals surface area contributed by atoms with Gasteiger partial charge in [0.15, 0.2) is 0 Å². The molecule has 0 bridgehead atoms. The molecule has 1 aliphatic heterocycles. The highest BCUT2D eigenvalue weighted by Gasteiger charge is 2.24. The standard InChI is InChI=1S/C10H13BrOS2/c11-10-7(3-5-14-10)6-8(12)9-2-1-4-13-9/h3,5,8-9,12H,1-2,4,6H2. The van der Waals surface area contributed by atoms with E-state index in [-0.39, 0.29) is 6.10 Å². The zero-order valence-corrected chi connectivity index (χ0v) is 11.0. The molecule has 1 saturated heterocycles. The maximum atomic E-state index is 10.0. The quantitative estimate of drug-likeness (QED) is 0.922. The molecule has 2 atom stereocenters. The second kappa shape index (κ2) is 5.01. The first-order chi connectivity index (χ1) is 6.77. The van der Waals surface area contributed by atoms with Crippen LogP contribution in [0.4, 0.5) is 0 Å². The van der Waals surface area contributed by atoms with Gasteiger partial charge < -0.3 is 5.11 Å². The fourth-order valence-electron chi connectivity index (χ4n) is 1.73. The maximum absolute atomic E-state index is 10.0. The lowest BCUT2D eigenvalue weighted by Gasteiger charge is -2.16. The van der Waals surface area contributed by atoms with Gasteiger partial charge in [-0.2, -0.15) is 11.8 Å². The van der Waals surface area contributed by atoms with Gasteiger partial charge in [0.05, 0.1) is 9.89 Å². The van der Waals surface area contributed by atoms with Gasteiger partial charge in [-0.05, 0) is 51.5 Å². The van der Waals surface area contributed by atoms with Crippen LogP contribution in [0.25, 0.3) is 0 Å². The molecular weight excluding hydrogens is 280 g/mol. The van der Waals surface area contributed by atoms with Crippen molar-refractivity contribution >= 4 is 39.0 Å². The summed E-state index contributed by atoms with van der Waals surface area (Å²) in [6.07, 6.45) is 3.06. The first-order valence-electron chi connectivity index (χ1n) is 4.79. The molecule has 2 heterocycles. The molecule has 0 aromatic carbocycles. The molecule has 2 rings (SSSR count). The lowest BCUT2D eigenvalue weighted by molar-refractivity contribution is 0.170. The molecule has 0 amide bonds. The molecule has 1 nitrogen and oxygen atoms in total. The Morgan fingerprint density at radius 2 is 2.50 bits per heavy atom. The van der Waals surface area contributed by atoms with Crippen LogP contribution in [0.15, 0.2) is 15.2 Å². The van der Waals surface area contributed by atoms with E-state index in [4.69, 9.17) is 0 Å². The van der Waals surface area contributed by atoms with Crippen molar-refractivity contribution in [2.45, 2.75) is 30.6 Å². The van der Waals surface area contributed by atoms with E-state index < -0.39 is 0 Å². The topological polar surface area (TPSA) is 20.2 Å². The van der Waals surface area contributed by atoms with Crippen molar-refractivity contribution in [1.29, 1.82) is 0 Å². The predicted molar refractivity (Wildman–Crippen MR) is 67.2 cm³/mol. The minimum Gasteiger partial charge on any atom is -0.392 e. The number of hydrogen-bond donors (Lipinski definition) is 1. The number of rotatable bonds is 3. The summed E-state index contributed by atoms with van der Waals surface area (Å²) in [5, 5.41) is 12.5. The van der Waals surface area contributed by atoms with Gasteiger partial charge in [0.2, 0.25) is 0 Å². The molecular formula is C10H13BrOS2. The first-order valence-corrected chi connectivity index (χ1v) is 7.51. The number of thiophene rings is 1. The van der Waals surface area contributed by atoms with Gasteiger partial charge in [0.1, 0.15) is 0 Å². The third kappa shape index (κ3) is 2.54. The van der Waals surface area contributed by atoms with E-state index in [0.717, 1.165) is 6.42 Å². The molecule has 4 heteroatoms. The minimum absolute atomic E-state index is 0.173. The van der Waals surface area contributed by atoms with Crippen LogP contribution in [0.2, 0.25) is 0 Å². The van der Waals surface area contributed by atoms with Gasteiger partial charge in [-0.15, -0.1) is 11.3 Å². The molecule has 78 valence electrons. The van der Waals surface area contributed by atoms with E-state index >= 15 is 0 Å². The van der Waals surface area contributed by atoms with E-state index in [1.54, 1.807) is 11.3 Å². The van der Waals surface area contributed by atoms with Crippen LogP contribution in [0.1, 0.15) is 18.4 Å². The SMILES string of the molecule is OC(Cc1ccsc1Br)C1CCCS1. The van der Waals surface area contributed by atoms with Crippen molar-refractivity contribution in [3.05, 3.63) is 20.8 Å². The smallest absolute Gasteiger partial charge is 0.0731 e. The van der Waals surface area contributed by atoms with Gasteiger partial charge in [0.25, 0.3) is 0 Å². The minimum atomic E-state index is -0.173. The Morgan fingerprint density at radius 1 is 1.64 bits per heavy atom. The Kier molecular flexibility index (Phi) is 3.93. The molecule has 1 aliphatic rings. The lowest BCUT2D eigenvalue weighted by Crippen LogP contribution is -2.22. The van der Waals surface area contributed by atoms with Crippen molar-refractivity contribution in [3.8, 4) is 0 Å². The molecule has 0 radical (unpaired) electrons. The van der Waals surface area contributed by atoms with E-state index in [1.165, 1.54) is 27.9 Å². The number of aliphatic hydroxyl groups excluding tert-OH is 1. The summed E-state index contributed by atoms with van der Waals surface area (Å²) in [4.78, 5) is 0. The normalized spacial score (nSPS) is 24.0. The summed E-state index contributed by atoms with van der Waals surface area (Å²) in [5.74, 6) is 1.21. The fourth-order valence-corrected chi connectivity index (χ4v) is 4.29. The summed E-state index contributed by atoms with van der Waals surface area (Å²) in [5.41, 5.74) is 1.25. The number of aliphatic hydroxyl groups is 1. The Morgan fingerprint density at radius 3 is 3.07 bits per heavy atom. The Labute approximate surface area is 101 Å². The largest absolute Gasteiger partial charge is 0.392 e. The van der Waals surface area contributed by atoms with Gasteiger partial charge in [-0.3, -0.25) is 0 Å². The maximum Gasteiger partial charge on any atom is 0.0731 e. The Hall–Kier alpha value is 0.490. The van der Waals surface area contributed by atoms with Crippen LogP contribution in [0, 0.1) is 0 Å². The van der Waals surface area contributed by atoms with Crippen LogP contribution < -0.4 is 0 Å².